The molecule has 0 bridgehead atoms. The van der Waals surface area contributed by atoms with Gasteiger partial charge in [0.1, 0.15) is 4.90 Å². The van der Waals surface area contributed by atoms with Crippen LogP contribution in [0.1, 0.15) is 19.4 Å². The third-order valence-electron chi connectivity index (χ3n) is 3.77. The SMILES string of the molecule is CC1SCCN(S(=O)(=O)c2ccc(Cl)c(CN)c2Cl)C1C. The van der Waals surface area contributed by atoms with Gasteiger partial charge in [-0.25, -0.2) is 8.42 Å². The molecule has 1 aromatic carbocycles. The third-order valence-corrected chi connectivity index (χ3v) is 8.03. The van der Waals surface area contributed by atoms with Gasteiger partial charge in [0.05, 0.1) is 5.02 Å². The van der Waals surface area contributed by atoms with E-state index in [1.165, 1.54) is 16.4 Å². The number of hydrogen-bond donors (Lipinski definition) is 1. The molecule has 8 heteroatoms. The number of sulfonamides is 1. The summed E-state index contributed by atoms with van der Waals surface area (Å²) in [4.78, 5) is 0.0833. The Labute approximate surface area is 140 Å². The first-order valence-electron chi connectivity index (χ1n) is 6.61. The van der Waals surface area contributed by atoms with Crippen molar-refractivity contribution in [3.8, 4) is 0 Å². The maximum absolute atomic E-state index is 12.9. The van der Waals surface area contributed by atoms with Gasteiger partial charge in [0, 0.05) is 40.7 Å². The lowest BCUT2D eigenvalue weighted by Crippen LogP contribution is -2.47. The lowest BCUT2D eigenvalue weighted by atomic mass is 10.2. The predicted octanol–water partition coefficient (Wildman–Crippen LogP) is 2.97. The summed E-state index contributed by atoms with van der Waals surface area (Å²) in [5, 5.41) is 0.758. The molecule has 21 heavy (non-hydrogen) atoms. The molecule has 1 aliphatic heterocycles. The highest BCUT2D eigenvalue weighted by molar-refractivity contribution is 8.00. The standard InChI is InChI=1S/C13H18Cl2N2O2S2/c1-8-9(2)20-6-5-17(8)21(18,19)12-4-3-11(14)10(7-16)13(12)15/h3-4,8-9H,5-7,16H2,1-2H3. The van der Waals surface area contributed by atoms with E-state index in [2.05, 4.69) is 0 Å². The van der Waals surface area contributed by atoms with Gasteiger partial charge in [-0.3, -0.25) is 0 Å². The van der Waals surface area contributed by atoms with Crippen molar-refractivity contribution in [1.82, 2.24) is 4.31 Å². The van der Waals surface area contributed by atoms with Crippen LogP contribution in [0.4, 0.5) is 0 Å². The zero-order valence-corrected chi connectivity index (χ0v) is 15.0. The van der Waals surface area contributed by atoms with E-state index in [-0.39, 0.29) is 27.8 Å². The van der Waals surface area contributed by atoms with Gasteiger partial charge >= 0.3 is 0 Å². The van der Waals surface area contributed by atoms with Crippen molar-refractivity contribution in [3.63, 3.8) is 0 Å². The highest BCUT2D eigenvalue weighted by Crippen LogP contribution is 2.35. The summed E-state index contributed by atoms with van der Waals surface area (Å²) in [6.07, 6.45) is 0. The minimum Gasteiger partial charge on any atom is -0.326 e. The summed E-state index contributed by atoms with van der Waals surface area (Å²) >= 11 is 14.0. The summed E-state index contributed by atoms with van der Waals surface area (Å²) in [6.45, 7) is 4.53. The first kappa shape index (κ1) is 17.4. The van der Waals surface area contributed by atoms with Crippen LogP contribution in [0, 0.1) is 0 Å². The van der Waals surface area contributed by atoms with Crippen LogP contribution in [0.25, 0.3) is 0 Å². The van der Waals surface area contributed by atoms with E-state index >= 15 is 0 Å². The van der Waals surface area contributed by atoms with Gasteiger partial charge in [-0.15, -0.1) is 0 Å². The van der Waals surface area contributed by atoms with E-state index in [4.69, 9.17) is 28.9 Å². The Morgan fingerprint density at radius 1 is 1.38 bits per heavy atom. The van der Waals surface area contributed by atoms with Crippen LogP contribution >= 0.6 is 35.0 Å². The monoisotopic (exact) mass is 368 g/mol. The topological polar surface area (TPSA) is 63.4 Å². The van der Waals surface area contributed by atoms with E-state index in [1.807, 2.05) is 13.8 Å². The summed E-state index contributed by atoms with van der Waals surface area (Å²) in [6, 6.07) is 2.91. The Bertz CT molecular complexity index is 637. The second-order valence-corrected chi connectivity index (χ2v) is 9.10. The van der Waals surface area contributed by atoms with Gasteiger partial charge in [0.25, 0.3) is 0 Å². The van der Waals surface area contributed by atoms with E-state index in [9.17, 15) is 8.42 Å². The van der Waals surface area contributed by atoms with E-state index in [1.54, 1.807) is 11.8 Å². The molecule has 4 nitrogen and oxygen atoms in total. The summed E-state index contributed by atoms with van der Waals surface area (Å²) in [7, 11) is -3.65. The first-order chi connectivity index (χ1) is 9.80. The summed E-state index contributed by atoms with van der Waals surface area (Å²) in [5.74, 6) is 0.777. The number of nitrogens with zero attached hydrogens (tertiary/aromatic N) is 1. The van der Waals surface area contributed by atoms with Gasteiger partial charge in [0.2, 0.25) is 10.0 Å². The Morgan fingerprint density at radius 3 is 2.67 bits per heavy atom. The van der Waals surface area contributed by atoms with Crippen LogP contribution in [0.5, 0.6) is 0 Å². The molecule has 1 fully saturated rings. The van der Waals surface area contributed by atoms with Crippen LogP contribution < -0.4 is 5.73 Å². The molecule has 2 unspecified atom stereocenters. The van der Waals surface area contributed by atoms with Crippen molar-refractivity contribution >= 4 is 45.0 Å². The number of halogens is 2. The second kappa shape index (κ2) is 6.64. The maximum Gasteiger partial charge on any atom is 0.244 e. The van der Waals surface area contributed by atoms with Gasteiger partial charge in [-0.05, 0) is 19.1 Å². The highest BCUT2D eigenvalue weighted by Gasteiger charge is 2.36. The Morgan fingerprint density at radius 2 is 2.05 bits per heavy atom. The lowest BCUT2D eigenvalue weighted by molar-refractivity contribution is 0.340. The molecule has 1 saturated heterocycles. The molecule has 0 amide bonds. The average Bonchev–Trinajstić information content (AvgIpc) is 2.41. The molecule has 0 aliphatic carbocycles. The van der Waals surface area contributed by atoms with Crippen LogP contribution in [-0.4, -0.2) is 36.3 Å². The molecule has 0 saturated carbocycles. The molecule has 2 rings (SSSR count). The predicted molar refractivity (Wildman–Crippen MR) is 89.6 cm³/mol. The van der Waals surface area contributed by atoms with Crippen LogP contribution in [0.15, 0.2) is 17.0 Å². The van der Waals surface area contributed by atoms with Gasteiger partial charge in [-0.2, -0.15) is 16.1 Å². The smallest absolute Gasteiger partial charge is 0.244 e. The van der Waals surface area contributed by atoms with Crippen molar-refractivity contribution in [1.29, 1.82) is 0 Å². The van der Waals surface area contributed by atoms with Crippen molar-refractivity contribution in [2.75, 3.05) is 12.3 Å². The number of rotatable bonds is 3. The maximum atomic E-state index is 12.9. The molecule has 1 aromatic rings. The minimum absolute atomic E-state index is 0.0816. The average molecular weight is 369 g/mol. The van der Waals surface area contributed by atoms with E-state index in [0.29, 0.717) is 17.1 Å². The minimum atomic E-state index is -3.65. The molecule has 1 heterocycles. The number of nitrogens with two attached hydrogens (primary N) is 1. The van der Waals surface area contributed by atoms with Crippen molar-refractivity contribution < 1.29 is 8.42 Å². The fourth-order valence-electron chi connectivity index (χ4n) is 2.33. The largest absolute Gasteiger partial charge is 0.326 e. The zero-order valence-electron chi connectivity index (χ0n) is 11.8. The first-order valence-corrected chi connectivity index (χ1v) is 9.85. The Kier molecular flexibility index (Phi) is 5.50. The molecule has 0 spiro atoms. The normalized spacial score (nSPS) is 24.2. The van der Waals surface area contributed by atoms with Crippen molar-refractivity contribution in [3.05, 3.63) is 27.7 Å². The second-order valence-electron chi connectivity index (χ2n) is 4.97. The molecular formula is C13H18Cl2N2O2S2. The van der Waals surface area contributed by atoms with Gasteiger partial charge < -0.3 is 5.73 Å². The lowest BCUT2D eigenvalue weighted by Gasteiger charge is -2.36. The summed E-state index contributed by atoms with van der Waals surface area (Å²) in [5.41, 5.74) is 6.08. The number of thioether (sulfide) groups is 1. The molecule has 0 aromatic heterocycles. The molecule has 0 radical (unpaired) electrons. The molecule has 118 valence electrons. The fourth-order valence-corrected chi connectivity index (χ4v) is 6.24. The van der Waals surface area contributed by atoms with Crippen molar-refractivity contribution in [2.45, 2.75) is 36.6 Å². The quantitative estimate of drug-likeness (QED) is 0.890. The van der Waals surface area contributed by atoms with E-state index in [0.717, 1.165) is 5.75 Å². The third kappa shape index (κ3) is 3.21. The molecule has 1 aliphatic rings. The Balaban J connectivity index is 2.49. The molecule has 2 N–H and O–H groups in total. The zero-order chi connectivity index (χ0) is 15.8. The Hall–Kier alpha value is 0.0200. The highest BCUT2D eigenvalue weighted by atomic mass is 35.5. The fraction of sp³-hybridized carbons (Fsp3) is 0.538. The van der Waals surface area contributed by atoms with Crippen LogP contribution in [0.2, 0.25) is 10.0 Å². The number of hydrogen-bond acceptors (Lipinski definition) is 4. The van der Waals surface area contributed by atoms with Crippen LogP contribution in [0.3, 0.4) is 0 Å². The van der Waals surface area contributed by atoms with Gasteiger partial charge in [-0.1, -0.05) is 30.1 Å². The van der Waals surface area contributed by atoms with E-state index < -0.39 is 10.0 Å². The number of benzene rings is 1. The van der Waals surface area contributed by atoms with Gasteiger partial charge in [0.15, 0.2) is 0 Å². The molecule has 2 atom stereocenters. The van der Waals surface area contributed by atoms with Crippen LogP contribution in [-0.2, 0) is 16.6 Å². The summed E-state index contributed by atoms with van der Waals surface area (Å²) < 4.78 is 27.3. The molecular weight excluding hydrogens is 351 g/mol. The van der Waals surface area contributed by atoms with Crippen molar-refractivity contribution in [2.24, 2.45) is 5.73 Å².